The van der Waals surface area contributed by atoms with Gasteiger partial charge in [0.2, 0.25) is 11.8 Å². The van der Waals surface area contributed by atoms with Crippen molar-refractivity contribution in [3.63, 3.8) is 0 Å². The molecule has 6 heteroatoms. The monoisotopic (exact) mass is 343 g/mol. The van der Waals surface area contributed by atoms with Crippen molar-refractivity contribution in [2.24, 2.45) is 0 Å². The third kappa shape index (κ3) is 4.03. The molecule has 0 bridgehead atoms. The molecule has 0 aliphatic heterocycles. The fourth-order valence-electron chi connectivity index (χ4n) is 1.67. The molecule has 1 N–H and O–H groups in total. The molecular weight excluding hydrogens is 330 g/mol. The predicted octanol–water partition coefficient (Wildman–Crippen LogP) is 3.69. The summed E-state index contributed by atoms with van der Waals surface area (Å²) in [7, 11) is 0. The standard InChI is InChI=1S/C13H15BrClN3O/c1-2-16-7-3-4-12-17-18-13(19-12)10-6-5-9(14)8-11(10)15/h5-6,8,16H,2-4,7H2,1H3. The average molecular weight is 345 g/mol. The number of aromatic nitrogens is 2. The van der Waals surface area contributed by atoms with E-state index in [9.17, 15) is 0 Å². The third-order valence-electron chi connectivity index (χ3n) is 2.62. The Morgan fingerprint density at radius 2 is 2.21 bits per heavy atom. The van der Waals surface area contributed by atoms with Crippen LogP contribution < -0.4 is 5.32 Å². The van der Waals surface area contributed by atoms with E-state index in [1.54, 1.807) is 0 Å². The van der Waals surface area contributed by atoms with E-state index in [-0.39, 0.29) is 0 Å². The lowest BCUT2D eigenvalue weighted by molar-refractivity contribution is 0.492. The Morgan fingerprint density at radius 1 is 1.37 bits per heavy atom. The van der Waals surface area contributed by atoms with Crippen LogP contribution >= 0.6 is 27.5 Å². The van der Waals surface area contributed by atoms with Crippen LogP contribution in [0.1, 0.15) is 19.2 Å². The first-order chi connectivity index (χ1) is 9.20. The molecule has 0 amide bonds. The SMILES string of the molecule is CCNCCCc1nnc(-c2ccc(Br)cc2Cl)o1. The number of benzene rings is 1. The van der Waals surface area contributed by atoms with Crippen LogP contribution in [0.3, 0.4) is 0 Å². The van der Waals surface area contributed by atoms with Gasteiger partial charge in [-0.2, -0.15) is 0 Å². The van der Waals surface area contributed by atoms with Crippen LogP contribution in [-0.2, 0) is 6.42 Å². The predicted molar refractivity (Wildman–Crippen MR) is 79.3 cm³/mol. The van der Waals surface area contributed by atoms with Gasteiger partial charge >= 0.3 is 0 Å². The van der Waals surface area contributed by atoms with Gasteiger partial charge in [0, 0.05) is 10.9 Å². The minimum absolute atomic E-state index is 0.468. The van der Waals surface area contributed by atoms with Crippen LogP contribution in [0, 0.1) is 0 Å². The van der Waals surface area contributed by atoms with E-state index in [1.807, 2.05) is 18.2 Å². The van der Waals surface area contributed by atoms with Gasteiger partial charge in [-0.15, -0.1) is 10.2 Å². The molecule has 0 spiro atoms. The Hall–Kier alpha value is -0.910. The molecule has 2 aromatic rings. The first-order valence-electron chi connectivity index (χ1n) is 6.19. The summed E-state index contributed by atoms with van der Waals surface area (Å²) in [6.07, 6.45) is 1.75. The fourth-order valence-corrected chi connectivity index (χ4v) is 2.42. The van der Waals surface area contributed by atoms with Gasteiger partial charge in [-0.3, -0.25) is 0 Å². The first kappa shape index (κ1) is 14.5. The highest BCUT2D eigenvalue weighted by molar-refractivity contribution is 9.10. The maximum Gasteiger partial charge on any atom is 0.249 e. The minimum Gasteiger partial charge on any atom is -0.421 e. The summed E-state index contributed by atoms with van der Waals surface area (Å²) in [6.45, 7) is 4.01. The van der Waals surface area contributed by atoms with Crippen molar-refractivity contribution in [2.75, 3.05) is 13.1 Å². The van der Waals surface area contributed by atoms with Crippen molar-refractivity contribution in [1.82, 2.24) is 15.5 Å². The van der Waals surface area contributed by atoms with Gasteiger partial charge in [0.1, 0.15) is 0 Å². The summed E-state index contributed by atoms with van der Waals surface area (Å²) >= 11 is 9.52. The number of hydrogen-bond acceptors (Lipinski definition) is 4. The Bertz CT molecular complexity index is 544. The number of rotatable bonds is 6. The zero-order valence-electron chi connectivity index (χ0n) is 10.6. The lowest BCUT2D eigenvalue weighted by Crippen LogP contribution is -2.14. The van der Waals surface area contributed by atoms with Crippen LogP contribution in [0.15, 0.2) is 27.1 Å². The maximum absolute atomic E-state index is 6.15. The number of halogens is 2. The molecule has 1 aromatic carbocycles. The number of aryl methyl sites for hydroxylation is 1. The molecule has 0 saturated heterocycles. The summed E-state index contributed by atoms with van der Waals surface area (Å²) in [6, 6.07) is 5.57. The molecule has 102 valence electrons. The van der Waals surface area contributed by atoms with Gasteiger partial charge in [-0.1, -0.05) is 34.5 Å². The first-order valence-corrected chi connectivity index (χ1v) is 7.36. The maximum atomic E-state index is 6.15. The molecule has 0 unspecified atom stereocenters. The smallest absolute Gasteiger partial charge is 0.249 e. The van der Waals surface area contributed by atoms with Crippen molar-refractivity contribution in [3.8, 4) is 11.5 Å². The van der Waals surface area contributed by atoms with Gasteiger partial charge in [0.05, 0.1) is 10.6 Å². The van der Waals surface area contributed by atoms with Crippen molar-refractivity contribution in [3.05, 3.63) is 33.6 Å². The molecule has 4 nitrogen and oxygen atoms in total. The second kappa shape index (κ2) is 7.03. The van der Waals surface area contributed by atoms with Gasteiger partial charge in [-0.05, 0) is 37.7 Å². The Kier molecular flexibility index (Phi) is 5.36. The summed E-state index contributed by atoms with van der Waals surface area (Å²) in [5, 5.41) is 11.9. The second-order valence-corrected chi connectivity index (χ2v) is 5.41. The molecule has 0 aliphatic rings. The molecule has 0 aliphatic carbocycles. The molecule has 0 fully saturated rings. The fraction of sp³-hybridized carbons (Fsp3) is 0.385. The zero-order valence-corrected chi connectivity index (χ0v) is 13.0. The van der Waals surface area contributed by atoms with Gasteiger partial charge in [0.15, 0.2) is 0 Å². The topological polar surface area (TPSA) is 51.0 Å². The van der Waals surface area contributed by atoms with Crippen molar-refractivity contribution in [2.45, 2.75) is 19.8 Å². The zero-order chi connectivity index (χ0) is 13.7. The largest absolute Gasteiger partial charge is 0.421 e. The van der Waals surface area contributed by atoms with E-state index in [0.29, 0.717) is 16.8 Å². The van der Waals surface area contributed by atoms with Crippen LogP contribution in [0.5, 0.6) is 0 Å². The van der Waals surface area contributed by atoms with E-state index < -0.39 is 0 Å². The van der Waals surface area contributed by atoms with Crippen molar-refractivity contribution in [1.29, 1.82) is 0 Å². The van der Waals surface area contributed by atoms with Gasteiger partial charge in [0.25, 0.3) is 0 Å². The summed E-state index contributed by atoms with van der Waals surface area (Å²) in [4.78, 5) is 0. The Morgan fingerprint density at radius 3 is 2.95 bits per heavy atom. The highest BCUT2D eigenvalue weighted by Gasteiger charge is 2.11. The molecule has 19 heavy (non-hydrogen) atoms. The molecule has 0 radical (unpaired) electrons. The summed E-state index contributed by atoms with van der Waals surface area (Å²) < 4.78 is 6.54. The quantitative estimate of drug-likeness (QED) is 0.812. The van der Waals surface area contributed by atoms with E-state index in [2.05, 4.69) is 38.4 Å². The second-order valence-electron chi connectivity index (χ2n) is 4.08. The summed E-state index contributed by atoms with van der Waals surface area (Å²) in [5.41, 5.74) is 0.760. The number of nitrogens with one attached hydrogen (secondary N) is 1. The molecule has 0 saturated carbocycles. The van der Waals surface area contributed by atoms with Crippen LogP contribution in [0.2, 0.25) is 5.02 Å². The van der Waals surface area contributed by atoms with Crippen molar-refractivity contribution < 1.29 is 4.42 Å². The molecule has 1 heterocycles. The average Bonchev–Trinajstić information content (AvgIpc) is 2.83. The van der Waals surface area contributed by atoms with E-state index >= 15 is 0 Å². The third-order valence-corrected chi connectivity index (χ3v) is 3.43. The lowest BCUT2D eigenvalue weighted by Gasteiger charge is -1.99. The molecule has 1 aromatic heterocycles. The van der Waals surface area contributed by atoms with Gasteiger partial charge in [-0.25, -0.2) is 0 Å². The lowest BCUT2D eigenvalue weighted by atomic mass is 10.2. The van der Waals surface area contributed by atoms with Gasteiger partial charge < -0.3 is 9.73 Å². The highest BCUT2D eigenvalue weighted by Crippen LogP contribution is 2.29. The number of nitrogens with zero attached hydrogens (tertiary/aromatic N) is 2. The highest BCUT2D eigenvalue weighted by atomic mass is 79.9. The minimum atomic E-state index is 0.468. The Balaban J connectivity index is 2.04. The van der Waals surface area contributed by atoms with E-state index in [4.69, 9.17) is 16.0 Å². The van der Waals surface area contributed by atoms with E-state index in [1.165, 1.54) is 0 Å². The van der Waals surface area contributed by atoms with Crippen LogP contribution in [-0.4, -0.2) is 23.3 Å². The summed E-state index contributed by atoms with van der Waals surface area (Å²) in [5.74, 6) is 1.11. The van der Waals surface area contributed by atoms with E-state index in [0.717, 1.165) is 36.0 Å². The molecular formula is C13H15BrClN3O. The molecule has 0 atom stereocenters. The van der Waals surface area contributed by atoms with Crippen LogP contribution in [0.4, 0.5) is 0 Å². The van der Waals surface area contributed by atoms with Crippen LogP contribution in [0.25, 0.3) is 11.5 Å². The molecule has 2 rings (SSSR count). The Labute approximate surface area is 125 Å². The van der Waals surface area contributed by atoms with Crippen molar-refractivity contribution >= 4 is 27.5 Å². The normalized spacial score (nSPS) is 10.9. The number of hydrogen-bond donors (Lipinski definition) is 1.